The molecule has 0 aliphatic heterocycles. The molecule has 1 aromatic carbocycles. The molecule has 1 aromatic rings. The van der Waals surface area contributed by atoms with Gasteiger partial charge in [0.1, 0.15) is 5.75 Å². The predicted octanol–water partition coefficient (Wildman–Crippen LogP) is 2.74. The van der Waals surface area contributed by atoms with Gasteiger partial charge >= 0.3 is 0 Å². The minimum Gasteiger partial charge on any atom is -0.491 e. The van der Waals surface area contributed by atoms with Crippen molar-refractivity contribution in [1.29, 1.82) is 5.41 Å². The summed E-state index contributed by atoms with van der Waals surface area (Å²) in [6, 6.07) is 5.40. The lowest BCUT2D eigenvalue weighted by molar-refractivity contribution is 0.242. The lowest BCUT2D eigenvalue weighted by Crippen LogP contribution is -2.07. The molecule has 15 heavy (non-hydrogen) atoms. The van der Waals surface area contributed by atoms with E-state index in [0.717, 1.165) is 11.3 Å². The van der Waals surface area contributed by atoms with Gasteiger partial charge in [0.25, 0.3) is 0 Å². The summed E-state index contributed by atoms with van der Waals surface area (Å²) < 4.78 is 5.54. The van der Waals surface area contributed by atoms with E-state index in [0.29, 0.717) is 10.7 Å². The van der Waals surface area contributed by atoms with Crippen molar-refractivity contribution < 1.29 is 4.74 Å². The first kappa shape index (κ1) is 11.9. The van der Waals surface area contributed by atoms with Crippen molar-refractivity contribution in [2.45, 2.75) is 20.0 Å². The molecule has 0 unspecified atom stereocenters. The predicted molar refractivity (Wildman–Crippen MR) is 67.0 cm³/mol. The van der Waals surface area contributed by atoms with E-state index in [9.17, 15) is 0 Å². The zero-order valence-electron chi connectivity index (χ0n) is 9.20. The topological polar surface area (TPSA) is 59.1 Å². The van der Waals surface area contributed by atoms with Crippen molar-refractivity contribution in [3.63, 3.8) is 0 Å². The molecule has 0 saturated carbocycles. The van der Waals surface area contributed by atoms with Gasteiger partial charge in [0, 0.05) is 17.3 Å². The van der Waals surface area contributed by atoms with Crippen LogP contribution in [0.15, 0.2) is 18.2 Å². The molecule has 0 atom stereocenters. The first-order valence-electron chi connectivity index (χ1n) is 4.73. The lowest BCUT2D eigenvalue weighted by atomic mass is 10.2. The summed E-state index contributed by atoms with van der Waals surface area (Å²) in [5.74, 6) is 0.721. The number of hydrogen-bond donors (Lipinski definition) is 2. The second-order valence-electron chi connectivity index (χ2n) is 3.49. The SMILES string of the molecule is CSC(=N)c1cc(N)cc(OC(C)C)c1. The van der Waals surface area contributed by atoms with E-state index in [1.54, 1.807) is 12.1 Å². The molecular formula is C11H16N2OS. The van der Waals surface area contributed by atoms with Crippen molar-refractivity contribution in [2.24, 2.45) is 0 Å². The summed E-state index contributed by atoms with van der Waals surface area (Å²) in [7, 11) is 0. The van der Waals surface area contributed by atoms with Crippen LogP contribution < -0.4 is 10.5 Å². The minimum absolute atomic E-state index is 0.114. The van der Waals surface area contributed by atoms with Crippen LogP contribution in [-0.2, 0) is 0 Å². The van der Waals surface area contributed by atoms with Crippen LogP contribution in [0.1, 0.15) is 19.4 Å². The third-order valence-electron chi connectivity index (χ3n) is 1.77. The minimum atomic E-state index is 0.114. The van der Waals surface area contributed by atoms with Crippen LogP contribution in [0.3, 0.4) is 0 Å². The van der Waals surface area contributed by atoms with Gasteiger partial charge in [-0.15, -0.1) is 11.8 Å². The van der Waals surface area contributed by atoms with Crippen molar-refractivity contribution in [3.8, 4) is 5.75 Å². The van der Waals surface area contributed by atoms with E-state index in [1.807, 2.05) is 26.2 Å². The maximum absolute atomic E-state index is 7.71. The smallest absolute Gasteiger partial charge is 0.122 e. The summed E-state index contributed by atoms with van der Waals surface area (Å²) in [6.07, 6.45) is 1.98. The molecule has 3 nitrogen and oxygen atoms in total. The van der Waals surface area contributed by atoms with E-state index in [1.165, 1.54) is 11.8 Å². The highest BCUT2D eigenvalue weighted by Gasteiger charge is 2.05. The Labute approximate surface area is 94.5 Å². The van der Waals surface area contributed by atoms with Crippen LogP contribution in [-0.4, -0.2) is 17.4 Å². The summed E-state index contributed by atoms with van der Waals surface area (Å²) >= 11 is 1.39. The molecule has 82 valence electrons. The molecule has 0 aliphatic rings. The third kappa shape index (κ3) is 3.47. The molecule has 0 heterocycles. The number of benzene rings is 1. The zero-order chi connectivity index (χ0) is 11.4. The molecule has 0 fully saturated rings. The van der Waals surface area contributed by atoms with Crippen molar-refractivity contribution in [1.82, 2.24) is 0 Å². The number of anilines is 1. The summed E-state index contributed by atoms with van der Waals surface area (Å²) in [4.78, 5) is 0. The second-order valence-corrected chi connectivity index (χ2v) is 4.31. The molecular weight excluding hydrogens is 208 g/mol. The van der Waals surface area contributed by atoms with Crippen LogP contribution in [0.5, 0.6) is 5.75 Å². The number of thioether (sulfide) groups is 1. The number of rotatable bonds is 3. The standard InChI is InChI=1S/C11H16N2OS/c1-7(2)14-10-5-8(11(13)15-3)4-9(12)6-10/h4-7,13H,12H2,1-3H3. The van der Waals surface area contributed by atoms with Crippen LogP contribution in [0, 0.1) is 5.41 Å². The summed E-state index contributed by atoms with van der Waals surface area (Å²) in [6.45, 7) is 3.92. The fourth-order valence-electron chi connectivity index (χ4n) is 1.21. The van der Waals surface area contributed by atoms with Crippen molar-refractivity contribution in [3.05, 3.63) is 23.8 Å². The second kappa shape index (κ2) is 5.07. The summed E-state index contributed by atoms with van der Waals surface area (Å²) in [5.41, 5.74) is 7.17. The Morgan fingerprint density at radius 3 is 2.60 bits per heavy atom. The molecule has 0 aliphatic carbocycles. The first-order chi connectivity index (χ1) is 7.02. The van der Waals surface area contributed by atoms with E-state index in [4.69, 9.17) is 15.9 Å². The number of hydrogen-bond acceptors (Lipinski definition) is 4. The van der Waals surface area contributed by atoms with Crippen LogP contribution >= 0.6 is 11.8 Å². The molecule has 0 spiro atoms. The van der Waals surface area contributed by atoms with Crippen molar-refractivity contribution in [2.75, 3.05) is 12.0 Å². The third-order valence-corrected chi connectivity index (χ3v) is 2.41. The van der Waals surface area contributed by atoms with Crippen LogP contribution in [0.2, 0.25) is 0 Å². The number of nitrogen functional groups attached to an aromatic ring is 1. The normalized spacial score (nSPS) is 10.4. The van der Waals surface area contributed by atoms with Gasteiger partial charge in [-0.3, -0.25) is 5.41 Å². The number of nitrogens with two attached hydrogens (primary N) is 1. The maximum atomic E-state index is 7.71. The Balaban J connectivity index is 2.99. The Kier molecular flexibility index (Phi) is 4.03. The molecule has 0 saturated heterocycles. The number of ether oxygens (including phenoxy) is 1. The van der Waals surface area contributed by atoms with E-state index in [2.05, 4.69) is 0 Å². The van der Waals surface area contributed by atoms with Gasteiger partial charge in [-0.1, -0.05) is 0 Å². The highest BCUT2D eigenvalue weighted by molar-refractivity contribution is 8.13. The van der Waals surface area contributed by atoms with Gasteiger partial charge in [0.2, 0.25) is 0 Å². The quantitative estimate of drug-likeness (QED) is 0.471. The van der Waals surface area contributed by atoms with Crippen LogP contribution in [0.25, 0.3) is 0 Å². The highest BCUT2D eigenvalue weighted by Crippen LogP contribution is 2.22. The van der Waals surface area contributed by atoms with Gasteiger partial charge < -0.3 is 10.5 Å². The van der Waals surface area contributed by atoms with E-state index < -0.39 is 0 Å². The Morgan fingerprint density at radius 1 is 1.40 bits per heavy atom. The van der Waals surface area contributed by atoms with Gasteiger partial charge in [-0.25, -0.2) is 0 Å². The van der Waals surface area contributed by atoms with Gasteiger partial charge in [0.05, 0.1) is 11.1 Å². The Morgan fingerprint density at radius 2 is 2.07 bits per heavy atom. The monoisotopic (exact) mass is 224 g/mol. The Bertz CT molecular complexity index is 364. The van der Waals surface area contributed by atoms with E-state index in [-0.39, 0.29) is 6.10 Å². The molecule has 3 N–H and O–H groups in total. The fraction of sp³-hybridized carbons (Fsp3) is 0.364. The van der Waals surface area contributed by atoms with Gasteiger partial charge in [-0.2, -0.15) is 0 Å². The molecule has 0 bridgehead atoms. The summed E-state index contributed by atoms with van der Waals surface area (Å²) in [5, 5.41) is 8.20. The molecule has 0 amide bonds. The molecule has 0 aromatic heterocycles. The lowest BCUT2D eigenvalue weighted by Gasteiger charge is -2.12. The van der Waals surface area contributed by atoms with Gasteiger partial charge in [0.15, 0.2) is 0 Å². The zero-order valence-corrected chi connectivity index (χ0v) is 10.0. The average Bonchev–Trinajstić information content (AvgIpc) is 2.14. The fourth-order valence-corrected chi connectivity index (χ4v) is 1.56. The highest BCUT2D eigenvalue weighted by atomic mass is 32.2. The Hall–Kier alpha value is -1.16. The number of nitrogens with one attached hydrogen (secondary N) is 1. The van der Waals surface area contributed by atoms with Crippen molar-refractivity contribution >= 4 is 22.5 Å². The average molecular weight is 224 g/mol. The van der Waals surface area contributed by atoms with Crippen LogP contribution in [0.4, 0.5) is 5.69 Å². The maximum Gasteiger partial charge on any atom is 0.122 e. The molecule has 0 radical (unpaired) electrons. The van der Waals surface area contributed by atoms with Gasteiger partial charge in [-0.05, 0) is 32.2 Å². The molecule has 1 rings (SSSR count). The first-order valence-corrected chi connectivity index (χ1v) is 5.95. The molecule has 4 heteroatoms. The largest absolute Gasteiger partial charge is 0.491 e. The van der Waals surface area contributed by atoms with E-state index >= 15 is 0 Å².